The summed E-state index contributed by atoms with van der Waals surface area (Å²) in [6.45, 7) is 12.4. The minimum absolute atomic E-state index is 0.191. The Morgan fingerprint density at radius 3 is 2.72 bits per heavy atom. The van der Waals surface area contributed by atoms with Crippen LogP contribution in [0.4, 0.5) is 5.69 Å². The minimum atomic E-state index is 0.191. The molecule has 0 bridgehead atoms. The zero-order chi connectivity index (χ0) is 13.2. The molecular weight excluding hydrogens is 220 g/mol. The lowest BCUT2D eigenvalue weighted by Gasteiger charge is -2.38. The van der Waals surface area contributed by atoms with Gasteiger partial charge in [-0.25, -0.2) is 0 Å². The van der Waals surface area contributed by atoms with Gasteiger partial charge in [0.15, 0.2) is 0 Å². The van der Waals surface area contributed by atoms with Crippen molar-refractivity contribution in [3.05, 3.63) is 29.3 Å². The van der Waals surface area contributed by atoms with E-state index in [1.807, 2.05) is 0 Å². The third-order valence-electron chi connectivity index (χ3n) is 3.96. The third-order valence-corrected chi connectivity index (χ3v) is 3.96. The van der Waals surface area contributed by atoms with E-state index in [0.29, 0.717) is 0 Å². The maximum absolute atomic E-state index is 3.65. The first-order valence-electron chi connectivity index (χ1n) is 7.06. The van der Waals surface area contributed by atoms with E-state index in [-0.39, 0.29) is 5.54 Å². The molecule has 0 aliphatic carbocycles. The quantitative estimate of drug-likeness (QED) is 0.818. The van der Waals surface area contributed by atoms with Gasteiger partial charge < -0.3 is 10.2 Å². The molecule has 1 aromatic carbocycles. The van der Waals surface area contributed by atoms with E-state index < -0.39 is 0 Å². The topological polar surface area (TPSA) is 15.3 Å². The second-order valence-corrected chi connectivity index (χ2v) is 6.16. The molecule has 0 amide bonds. The highest BCUT2D eigenvalue weighted by molar-refractivity contribution is 5.56. The number of rotatable bonds is 1. The van der Waals surface area contributed by atoms with Crippen LogP contribution in [0.3, 0.4) is 0 Å². The Labute approximate surface area is 111 Å². The largest absolute Gasteiger partial charge is 0.369 e. The molecule has 1 saturated heterocycles. The van der Waals surface area contributed by atoms with Crippen LogP contribution in [0.1, 0.15) is 37.8 Å². The molecule has 1 N–H and O–H groups in total. The molecule has 2 rings (SSSR count). The highest BCUT2D eigenvalue weighted by atomic mass is 15.2. The van der Waals surface area contributed by atoms with Gasteiger partial charge in [-0.2, -0.15) is 0 Å². The molecule has 2 nitrogen and oxygen atoms in total. The van der Waals surface area contributed by atoms with Gasteiger partial charge >= 0.3 is 0 Å². The summed E-state index contributed by atoms with van der Waals surface area (Å²) in [7, 11) is 0. The van der Waals surface area contributed by atoms with Crippen molar-refractivity contribution in [2.24, 2.45) is 0 Å². The van der Waals surface area contributed by atoms with Crippen LogP contribution in [0.15, 0.2) is 18.2 Å². The van der Waals surface area contributed by atoms with E-state index in [1.165, 1.54) is 36.2 Å². The second kappa shape index (κ2) is 5.31. The van der Waals surface area contributed by atoms with E-state index >= 15 is 0 Å². The van der Waals surface area contributed by atoms with Crippen molar-refractivity contribution >= 4 is 5.69 Å². The van der Waals surface area contributed by atoms with E-state index in [4.69, 9.17) is 0 Å². The number of aryl methyl sites for hydroxylation is 1. The summed E-state index contributed by atoms with van der Waals surface area (Å²) < 4.78 is 0. The van der Waals surface area contributed by atoms with Crippen molar-refractivity contribution in [3.8, 4) is 0 Å². The summed E-state index contributed by atoms with van der Waals surface area (Å²) in [6.07, 6.45) is 2.54. The second-order valence-electron chi connectivity index (χ2n) is 6.16. The summed E-state index contributed by atoms with van der Waals surface area (Å²) in [5, 5.41) is 3.65. The molecule has 1 aliphatic rings. The van der Waals surface area contributed by atoms with Crippen molar-refractivity contribution in [1.82, 2.24) is 5.32 Å². The van der Waals surface area contributed by atoms with Gasteiger partial charge in [-0.1, -0.05) is 12.1 Å². The zero-order valence-corrected chi connectivity index (χ0v) is 12.2. The third kappa shape index (κ3) is 3.05. The molecule has 0 aromatic heterocycles. The molecule has 100 valence electrons. The Bertz CT molecular complexity index is 410. The van der Waals surface area contributed by atoms with Crippen LogP contribution in [0.2, 0.25) is 0 Å². The molecule has 1 aliphatic heterocycles. The van der Waals surface area contributed by atoms with Gasteiger partial charge in [0.05, 0.1) is 0 Å². The van der Waals surface area contributed by atoms with E-state index in [0.717, 1.165) is 13.1 Å². The number of hydrogen-bond donors (Lipinski definition) is 1. The number of hydrogen-bond acceptors (Lipinski definition) is 2. The first-order valence-corrected chi connectivity index (χ1v) is 7.06. The van der Waals surface area contributed by atoms with Gasteiger partial charge in [0, 0.05) is 24.3 Å². The van der Waals surface area contributed by atoms with Gasteiger partial charge in [-0.3, -0.25) is 0 Å². The van der Waals surface area contributed by atoms with E-state index in [2.05, 4.69) is 56.1 Å². The zero-order valence-electron chi connectivity index (χ0n) is 12.2. The predicted molar refractivity (Wildman–Crippen MR) is 79.4 cm³/mol. The average Bonchev–Trinajstić information content (AvgIpc) is 2.28. The van der Waals surface area contributed by atoms with Crippen LogP contribution in [-0.4, -0.2) is 25.2 Å². The maximum Gasteiger partial charge on any atom is 0.0399 e. The summed E-state index contributed by atoms with van der Waals surface area (Å²) >= 11 is 0. The van der Waals surface area contributed by atoms with E-state index in [9.17, 15) is 0 Å². The van der Waals surface area contributed by atoms with Crippen LogP contribution in [-0.2, 0) is 0 Å². The Balaban J connectivity index is 2.26. The lowest BCUT2D eigenvalue weighted by molar-refractivity contribution is 0.364. The normalized spacial score (nSPS) is 20.3. The SMILES string of the molecule is Cc1cccc(N2CCCCNC(C)(C)C2)c1C. The fraction of sp³-hybridized carbons (Fsp3) is 0.625. The van der Waals surface area contributed by atoms with Crippen molar-refractivity contribution < 1.29 is 0 Å². The smallest absolute Gasteiger partial charge is 0.0399 e. The van der Waals surface area contributed by atoms with Gasteiger partial charge in [0.1, 0.15) is 0 Å². The molecular formula is C16H26N2. The number of anilines is 1. The summed E-state index contributed by atoms with van der Waals surface area (Å²) in [4.78, 5) is 2.55. The van der Waals surface area contributed by atoms with E-state index in [1.54, 1.807) is 0 Å². The molecule has 1 heterocycles. The first-order chi connectivity index (χ1) is 8.49. The monoisotopic (exact) mass is 246 g/mol. The Morgan fingerprint density at radius 1 is 1.17 bits per heavy atom. The standard InChI is InChI=1S/C16H26N2/c1-13-8-7-9-15(14(13)2)18-11-6-5-10-17-16(3,4)12-18/h7-9,17H,5-6,10-12H2,1-4H3. The average molecular weight is 246 g/mol. The van der Waals surface area contributed by atoms with Gasteiger partial charge in [-0.15, -0.1) is 0 Å². The summed E-state index contributed by atoms with van der Waals surface area (Å²) in [6, 6.07) is 6.64. The molecule has 0 unspecified atom stereocenters. The molecule has 2 heteroatoms. The minimum Gasteiger partial charge on any atom is -0.369 e. The number of nitrogens with zero attached hydrogens (tertiary/aromatic N) is 1. The molecule has 18 heavy (non-hydrogen) atoms. The van der Waals surface area contributed by atoms with Crippen LogP contribution in [0, 0.1) is 13.8 Å². The van der Waals surface area contributed by atoms with Crippen LogP contribution in [0.5, 0.6) is 0 Å². The predicted octanol–water partition coefficient (Wildman–Crippen LogP) is 3.27. The number of nitrogens with one attached hydrogen (secondary N) is 1. The highest BCUT2D eigenvalue weighted by Gasteiger charge is 2.23. The van der Waals surface area contributed by atoms with Gasteiger partial charge in [0.25, 0.3) is 0 Å². The van der Waals surface area contributed by atoms with Crippen molar-refractivity contribution in [2.75, 3.05) is 24.5 Å². The van der Waals surface area contributed by atoms with Crippen molar-refractivity contribution in [1.29, 1.82) is 0 Å². The lowest BCUT2D eigenvalue weighted by Crippen LogP contribution is -2.51. The molecule has 0 radical (unpaired) electrons. The fourth-order valence-electron chi connectivity index (χ4n) is 2.75. The molecule has 0 atom stereocenters. The molecule has 1 aromatic rings. The Hall–Kier alpha value is -1.02. The molecule has 0 spiro atoms. The van der Waals surface area contributed by atoms with Crippen LogP contribution < -0.4 is 10.2 Å². The molecule has 0 saturated carbocycles. The first kappa shape index (κ1) is 13.4. The Kier molecular flexibility index (Phi) is 3.96. The lowest BCUT2D eigenvalue weighted by atomic mass is 10.00. The molecule has 1 fully saturated rings. The number of benzene rings is 1. The van der Waals surface area contributed by atoms with Crippen LogP contribution in [0.25, 0.3) is 0 Å². The van der Waals surface area contributed by atoms with Crippen molar-refractivity contribution in [3.63, 3.8) is 0 Å². The maximum atomic E-state index is 3.65. The van der Waals surface area contributed by atoms with Gasteiger partial charge in [-0.05, 0) is 64.3 Å². The highest BCUT2D eigenvalue weighted by Crippen LogP contribution is 2.25. The fourth-order valence-corrected chi connectivity index (χ4v) is 2.75. The Morgan fingerprint density at radius 2 is 1.94 bits per heavy atom. The van der Waals surface area contributed by atoms with Gasteiger partial charge in [0.2, 0.25) is 0 Å². The summed E-state index contributed by atoms with van der Waals surface area (Å²) in [5.74, 6) is 0. The van der Waals surface area contributed by atoms with Crippen molar-refractivity contribution in [2.45, 2.75) is 46.1 Å². The van der Waals surface area contributed by atoms with Crippen LogP contribution >= 0.6 is 0 Å². The summed E-state index contributed by atoms with van der Waals surface area (Å²) in [5.41, 5.74) is 4.41.